The third-order valence-electron chi connectivity index (χ3n) is 6.84. The first-order chi connectivity index (χ1) is 15.9. The fourth-order valence-corrected chi connectivity index (χ4v) is 5.84. The van der Waals surface area contributed by atoms with Crippen LogP contribution in [0.15, 0.2) is 53.4 Å². The van der Waals surface area contributed by atoms with Gasteiger partial charge < -0.3 is 9.55 Å². The van der Waals surface area contributed by atoms with Crippen LogP contribution in [0.25, 0.3) is 21.9 Å². The summed E-state index contributed by atoms with van der Waals surface area (Å²) < 4.78 is 28.5. The number of sulfonamides is 1. The van der Waals surface area contributed by atoms with Gasteiger partial charge in [-0.1, -0.05) is 18.2 Å². The lowest BCUT2D eigenvalue weighted by molar-refractivity contribution is 0.197. The first kappa shape index (κ1) is 22.1. The maximum absolute atomic E-state index is 12.5. The van der Waals surface area contributed by atoms with Crippen LogP contribution < -0.4 is 0 Å². The molecule has 1 aliphatic heterocycles. The van der Waals surface area contributed by atoms with Gasteiger partial charge in [-0.05, 0) is 68.6 Å². The van der Waals surface area contributed by atoms with Gasteiger partial charge in [0.25, 0.3) is 0 Å². The van der Waals surface area contributed by atoms with E-state index in [4.69, 9.17) is 4.98 Å². The minimum absolute atomic E-state index is 0.284. The highest BCUT2D eigenvalue weighted by Crippen LogP contribution is 2.31. The lowest BCUT2D eigenvalue weighted by Gasteiger charge is -2.31. The molecular weight excluding hydrogens is 434 g/mol. The Morgan fingerprint density at radius 3 is 2.55 bits per heavy atom. The van der Waals surface area contributed by atoms with E-state index in [1.165, 1.54) is 20.9 Å². The highest BCUT2D eigenvalue weighted by atomic mass is 32.2. The van der Waals surface area contributed by atoms with Crippen molar-refractivity contribution in [1.29, 1.82) is 0 Å². The van der Waals surface area contributed by atoms with Crippen molar-refractivity contribution in [3.05, 3.63) is 60.0 Å². The zero-order valence-corrected chi connectivity index (χ0v) is 20.3. The molecule has 0 spiro atoms. The van der Waals surface area contributed by atoms with Crippen molar-refractivity contribution in [3.63, 3.8) is 0 Å². The van der Waals surface area contributed by atoms with Gasteiger partial charge in [0.2, 0.25) is 10.0 Å². The summed E-state index contributed by atoms with van der Waals surface area (Å²) in [6.45, 7) is 5.73. The number of imidazole rings is 1. The van der Waals surface area contributed by atoms with E-state index in [-0.39, 0.29) is 4.90 Å². The second-order valence-corrected chi connectivity index (χ2v) is 11.2. The molecule has 0 atom stereocenters. The molecule has 4 aromatic rings. The zero-order chi connectivity index (χ0) is 23.2. The van der Waals surface area contributed by atoms with Gasteiger partial charge in [-0.3, -0.25) is 4.90 Å². The van der Waals surface area contributed by atoms with Crippen molar-refractivity contribution in [2.75, 3.05) is 27.2 Å². The van der Waals surface area contributed by atoms with Crippen molar-refractivity contribution in [3.8, 4) is 0 Å². The third-order valence-corrected chi connectivity index (χ3v) is 8.65. The number of hydrogen-bond donors (Lipinski definition) is 1. The minimum atomic E-state index is -3.48. The Hall–Kier alpha value is -2.68. The molecule has 0 aliphatic carbocycles. The van der Waals surface area contributed by atoms with Crippen molar-refractivity contribution in [1.82, 2.24) is 23.7 Å². The highest BCUT2D eigenvalue weighted by Gasteiger charge is 2.24. The molecule has 5 rings (SSSR count). The fraction of sp³-hybridized carbons (Fsp3) is 0.400. The van der Waals surface area contributed by atoms with E-state index in [9.17, 15) is 8.42 Å². The number of nitrogens with one attached hydrogen (secondary N) is 1. The Morgan fingerprint density at radius 1 is 1.09 bits per heavy atom. The van der Waals surface area contributed by atoms with Crippen molar-refractivity contribution < 1.29 is 8.42 Å². The smallest absolute Gasteiger partial charge is 0.242 e. The molecule has 1 saturated heterocycles. The second-order valence-electron chi connectivity index (χ2n) is 9.07. The van der Waals surface area contributed by atoms with Crippen LogP contribution in [-0.4, -0.2) is 59.3 Å². The van der Waals surface area contributed by atoms with Crippen LogP contribution in [0.4, 0.5) is 0 Å². The maximum Gasteiger partial charge on any atom is 0.242 e. The number of aromatic amines is 1. The van der Waals surface area contributed by atoms with Crippen LogP contribution in [0.3, 0.4) is 0 Å². The summed E-state index contributed by atoms with van der Waals surface area (Å²) in [5.74, 6) is 1.55. The van der Waals surface area contributed by atoms with E-state index in [1.807, 2.05) is 6.07 Å². The summed E-state index contributed by atoms with van der Waals surface area (Å²) in [5.41, 5.74) is 4.27. The molecule has 7 nitrogen and oxygen atoms in total. The normalized spacial score (nSPS) is 16.4. The molecular formula is C25H31N5O2S. The van der Waals surface area contributed by atoms with Gasteiger partial charge in [-0.25, -0.2) is 17.7 Å². The van der Waals surface area contributed by atoms with E-state index in [2.05, 4.69) is 51.7 Å². The highest BCUT2D eigenvalue weighted by molar-refractivity contribution is 7.89. The summed E-state index contributed by atoms with van der Waals surface area (Å²) in [5, 5.41) is 1.28. The van der Waals surface area contributed by atoms with Gasteiger partial charge in [-0.15, -0.1) is 0 Å². The second kappa shape index (κ2) is 8.59. The van der Waals surface area contributed by atoms with Gasteiger partial charge in [0.1, 0.15) is 5.82 Å². The molecule has 0 bridgehead atoms. The van der Waals surface area contributed by atoms with Crippen LogP contribution in [-0.2, 0) is 23.1 Å². The van der Waals surface area contributed by atoms with Gasteiger partial charge in [-0.2, -0.15) is 0 Å². The molecule has 174 valence electrons. The Kier molecular flexibility index (Phi) is 5.76. The van der Waals surface area contributed by atoms with Crippen LogP contribution in [0.5, 0.6) is 0 Å². The first-order valence-corrected chi connectivity index (χ1v) is 13.0. The monoisotopic (exact) mass is 465 g/mol. The van der Waals surface area contributed by atoms with Crippen molar-refractivity contribution >= 4 is 32.0 Å². The van der Waals surface area contributed by atoms with Crippen LogP contribution in [0.2, 0.25) is 0 Å². The molecule has 0 radical (unpaired) electrons. The predicted octanol–water partition coefficient (Wildman–Crippen LogP) is 4.17. The van der Waals surface area contributed by atoms with Crippen LogP contribution in [0, 0.1) is 0 Å². The summed E-state index contributed by atoms with van der Waals surface area (Å²) in [4.78, 5) is 11.2. The molecule has 2 aromatic carbocycles. The molecule has 33 heavy (non-hydrogen) atoms. The number of fused-ring (bicyclic) bond motifs is 2. The number of likely N-dealkylation sites (tertiary alicyclic amines) is 1. The zero-order valence-electron chi connectivity index (χ0n) is 19.5. The number of rotatable bonds is 6. The maximum atomic E-state index is 12.5. The lowest BCUT2D eigenvalue weighted by atomic mass is 9.93. The Morgan fingerprint density at radius 2 is 1.85 bits per heavy atom. The summed E-state index contributed by atoms with van der Waals surface area (Å²) in [6, 6.07) is 16.0. The number of hydrogen-bond acceptors (Lipinski definition) is 4. The third kappa shape index (κ3) is 4.07. The predicted molar refractivity (Wildman–Crippen MR) is 132 cm³/mol. The molecule has 0 unspecified atom stereocenters. The molecule has 8 heteroatoms. The molecule has 0 saturated carbocycles. The van der Waals surface area contributed by atoms with E-state index >= 15 is 0 Å². The summed E-state index contributed by atoms with van der Waals surface area (Å²) in [6.07, 6.45) is 2.23. The van der Waals surface area contributed by atoms with Crippen molar-refractivity contribution in [2.24, 2.45) is 0 Å². The standard InChI is InChI=1S/C25H31N5O2S/c1-4-30-24-10-9-20(33(31,32)28(2)3)16-23(24)27-25(30)17-29-13-11-18(12-14-29)22-15-19-7-5-6-8-21(19)26-22/h5-10,15-16,18,26H,4,11-14,17H2,1-3H3. The fourth-order valence-electron chi connectivity index (χ4n) is 4.92. The minimum Gasteiger partial charge on any atom is -0.358 e. The average molecular weight is 466 g/mol. The van der Waals surface area contributed by atoms with Gasteiger partial charge in [0, 0.05) is 37.8 Å². The van der Waals surface area contributed by atoms with Gasteiger partial charge in [0.15, 0.2) is 0 Å². The topological polar surface area (TPSA) is 74.2 Å². The lowest BCUT2D eigenvalue weighted by Crippen LogP contribution is -2.33. The first-order valence-electron chi connectivity index (χ1n) is 11.6. The van der Waals surface area contributed by atoms with E-state index in [0.717, 1.165) is 55.9 Å². The number of nitrogens with zero attached hydrogens (tertiary/aromatic N) is 4. The summed E-state index contributed by atoms with van der Waals surface area (Å²) >= 11 is 0. The van der Waals surface area contributed by atoms with Crippen molar-refractivity contribution in [2.45, 2.75) is 43.7 Å². The number of benzene rings is 2. The largest absolute Gasteiger partial charge is 0.358 e. The molecule has 3 heterocycles. The van der Waals surface area contributed by atoms with Crippen LogP contribution >= 0.6 is 0 Å². The number of H-pyrrole nitrogens is 1. The quantitative estimate of drug-likeness (QED) is 0.464. The molecule has 0 amide bonds. The average Bonchev–Trinajstić information content (AvgIpc) is 3.39. The van der Waals surface area contributed by atoms with Gasteiger partial charge in [0.05, 0.1) is 22.5 Å². The SMILES string of the molecule is CCn1c(CN2CCC(c3cc4ccccc4[nH]3)CC2)nc2cc(S(=O)(=O)N(C)C)ccc21. The Balaban J connectivity index is 1.33. The number of piperidine rings is 1. The number of aromatic nitrogens is 3. The molecule has 1 fully saturated rings. The number of aryl methyl sites for hydroxylation is 1. The van der Waals surface area contributed by atoms with Gasteiger partial charge >= 0.3 is 0 Å². The van der Waals surface area contributed by atoms with E-state index < -0.39 is 10.0 Å². The summed E-state index contributed by atoms with van der Waals surface area (Å²) in [7, 11) is -0.376. The Bertz CT molecular complexity index is 1360. The molecule has 1 N–H and O–H groups in total. The molecule has 2 aromatic heterocycles. The molecule has 1 aliphatic rings. The van der Waals surface area contributed by atoms with Crippen LogP contribution in [0.1, 0.15) is 37.2 Å². The van der Waals surface area contributed by atoms with E-state index in [0.29, 0.717) is 5.92 Å². The van der Waals surface area contributed by atoms with E-state index in [1.54, 1.807) is 26.2 Å². The Labute approximate surface area is 195 Å². The number of para-hydroxylation sites is 1.